The van der Waals surface area contributed by atoms with Crippen LogP contribution in [0.2, 0.25) is 0 Å². The fraction of sp³-hybridized carbons (Fsp3) is 0.917. The van der Waals surface area contributed by atoms with Gasteiger partial charge in [0, 0.05) is 31.4 Å². The van der Waals surface area contributed by atoms with Gasteiger partial charge in [-0.15, -0.1) is 0 Å². The van der Waals surface area contributed by atoms with E-state index in [1.807, 2.05) is 11.8 Å². The van der Waals surface area contributed by atoms with E-state index in [9.17, 15) is 5.26 Å². The summed E-state index contributed by atoms with van der Waals surface area (Å²) in [4.78, 5) is 4.78. The smallest absolute Gasteiger partial charge is 0.121 e. The third kappa shape index (κ3) is 2.09. The van der Waals surface area contributed by atoms with Gasteiger partial charge in [-0.2, -0.15) is 17.0 Å². The van der Waals surface area contributed by atoms with Crippen LogP contribution in [0.1, 0.15) is 19.8 Å². The molecule has 4 heteroatoms. The van der Waals surface area contributed by atoms with E-state index in [-0.39, 0.29) is 5.54 Å². The highest BCUT2D eigenvalue weighted by molar-refractivity contribution is 8.00. The Labute approximate surface area is 103 Å². The molecule has 0 amide bonds. The summed E-state index contributed by atoms with van der Waals surface area (Å²) in [6.45, 7) is 6.52. The van der Waals surface area contributed by atoms with Gasteiger partial charge in [0.25, 0.3) is 0 Å². The minimum Gasteiger partial charge on any atom is -0.304 e. The molecule has 0 saturated carbocycles. The molecule has 0 radical (unpaired) electrons. The molecule has 3 nitrogen and oxygen atoms in total. The molecule has 2 heterocycles. The minimum atomic E-state index is -0.190. The van der Waals surface area contributed by atoms with E-state index in [1.54, 1.807) is 0 Å². The monoisotopic (exact) mass is 239 g/mol. The molecule has 0 aromatic rings. The van der Waals surface area contributed by atoms with Crippen LogP contribution in [0, 0.1) is 11.3 Å². The summed E-state index contributed by atoms with van der Waals surface area (Å²) in [5.41, 5.74) is -0.190. The number of nitriles is 1. The van der Waals surface area contributed by atoms with Crippen molar-refractivity contribution in [2.75, 3.05) is 39.0 Å². The van der Waals surface area contributed by atoms with Crippen molar-refractivity contribution in [3.63, 3.8) is 0 Å². The van der Waals surface area contributed by atoms with Crippen molar-refractivity contribution in [3.8, 4) is 6.07 Å². The Morgan fingerprint density at radius 1 is 1.31 bits per heavy atom. The molecule has 2 rings (SSSR count). The molecule has 0 aromatic carbocycles. The van der Waals surface area contributed by atoms with Gasteiger partial charge in [-0.1, -0.05) is 6.92 Å². The predicted octanol–water partition coefficient (Wildman–Crippen LogP) is 1.41. The number of hydrogen-bond acceptors (Lipinski definition) is 4. The van der Waals surface area contributed by atoms with Gasteiger partial charge in [0.2, 0.25) is 0 Å². The van der Waals surface area contributed by atoms with Gasteiger partial charge in [-0.3, -0.25) is 4.90 Å². The first-order valence-electron chi connectivity index (χ1n) is 6.15. The van der Waals surface area contributed by atoms with Crippen molar-refractivity contribution in [2.45, 2.75) is 30.6 Å². The van der Waals surface area contributed by atoms with Gasteiger partial charge in [0.05, 0.1) is 6.07 Å². The topological polar surface area (TPSA) is 30.3 Å². The lowest BCUT2D eigenvalue weighted by molar-refractivity contribution is 0.0664. The summed E-state index contributed by atoms with van der Waals surface area (Å²) >= 11 is 1.97. The van der Waals surface area contributed by atoms with Crippen LogP contribution in [0.4, 0.5) is 0 Å². The Hall–Kier alpha value is -0.240. The van der Waals surface area contributed by atoms with Crippen molar-refractivity contribution in [3.05, 3.63) is 0 Å². The van der Waals surface area contributed by atoms with Crippen molar-refractivity contribution in [1.29, 1.82) is 5.26 Å². The van der Waals surface area contributed by atoms with Crippen molar-refractivity contribution in [2.24, 2.45) is 0 Å². The number of likely N-dealkylation sites (N-methyl/N-ethyl adjacent to an activating group) is 1. The lowest BCUT2D eigenvalue weighted by Crippen LogP contribution is -2.60. The Morgan fingerprint density at radius 3 is 2.56 bits per heavy atom. The molecule has 0 N–H and O–H groups in total. The van der Waals surface area contributed by atoms with Crippen molar-refractivity contribution >= 4 is 11.8 Å². The Kier molecular flexibility index (Phi) is 3.78. The molecule has 2 saturated heterocycles. The van der Waals surface area contributed by atoms with Crippen LogP contribution in [0.5, 0.6) is 0 Å². The molecule has 2 aliphatic heterocycles. The second-order valence-electron chi connectivity index (χ2n) is 4.94. The molecular weight excluding hydrogens is 218 g/mol. The van der Waals surface area contributed by atoms with Gasteiger partial charge in [0.1, 0.15) is 5.54 Å². The van der Waals surface area contributed by atoms with Crippen LogP contribution in [0.25, 0.3) is 0 Å². The molecule has 2 atom stereocenters. The summed E-state index contributed by atoms with van der Waals surface area (Å²) in [7, 11) is 2.16. The maximum atomic E-state index is 9.61. The number of thioether (sulfide) groups is 1. The van der Waals surface area contributed by atoms with Crippen LogP contribution in [0.15, 0.2) is 0 Å². The van der Waals surface area contributed by atoms with E-state index in [0.717, 1.165) is 32.6 Å². The van der Waals surface area contributed by atoms with E-state index >= 15 is 0 Å². The van der Waals surface area contributed by atoms with Gasteiger partial charge in [0.15, 0.2) is 0 Å². The number of hydrogen-bond donors (Lipinski definition) is 0. The molecule has 2 unspecified atom stereocenters. The Balaban J connectivity index is 2.11. The normalized spacial score (nSPS) is 38.2. The highest BCUT2D eigenvalue weighted by Gasteiger charge is 2.44. The summed E-state index contributed by atoms with van der Waals surface area (Å²) in [5.74, 6) is 1.22. The molecular formula is C12H21N3S. The van der Waals surface area contributed by atoms with Crippen LogP contribution in [0.3, 0.4) is 0 Å². The molecule has 0 aliphatic carbocycles. The van der Waals surface area contributed by atoms with Crippen LogP contribution >= 0.6 is 11.8 Å². The van der Waals surface area contributed by atoms with Crippen LogP contribution in [-0.2, 0) is 0 Å². The predicted molar refractivity (Wildman–Crippen MR) is 68.6 cm³/mol. The zero-order valence-electron chi connectivity index (χ0n) is 10.3. The van der Waals surface area contributed by atoms with Gasteiger partial charge in [-0.05, 0) is 25.6 Å². The number of rotatable bonds is 1. The fourth-order valence-electron chi connectivity index (χ4n) is 2.78. The summed E-state index contributed by atoms with van der Waals surface area (Å²) in [6, 6.07) is 2.64. The summed E-state index contributed by atoms with van der Waals surface area (Å²) < 4.78 is 0. The molecule has 0 bridgehead atoms. The van der Waals surface area contributed by atoms with E-state index in [0.29, 0.717) is 5.25 Å². The maximum absolute atomic E-state index is 9.61. The summed E-state index contributed by atoms with van der Waals surface area (Å²) in [6.07, 6.45) is 2.25. The second kappa shape index (κ2) is 4.95. The highest BCUT2D eigenvalue weighted by Crippen LogP contribution is 2.38. The van der Waals surface area contributed by atoms with Crippen LogP contribution < -0.4 is 0 Å². The van der Waals surface area contributed by atoms with Gasteiger partial charge < -0.3 is 4.90 Å². The van der Waals surface area contributed by atoms with Crippen molar-refractivity contribution in [1.82, 2.24) is 9.80 Å². The Bertz CT molecular complexity index is 280. The fourth-order valence-corrected chi connectivity index (χ4v) is 4.04. The maximum Gasteiger partial charge on any atom is 0.121 e. The highest BCUT2D eigenvalue weighted by atomic mass is 32.2. The number of nitrogens with zero attached hydrogens (tertiary/aromatic N) is 3. The lowest BCUT2D eigenvalue weighted by Gasteiger charge is -2.48. The first-order chi connectivity index (χ1) is 7.69. The SMILES string of the molecule is CC1SCCCC1(C#N)N1CCN(C)CC1. The molecule has 2 fully saturated rings. The van der Waals surface area contributed by atoms with E-state index in [4.69, 9.17) is 0 Å². The second-order valence-corrected chi connectivity index (χ2v) is 6.39. The Morgan fingerprint density at radius 2 is 2.00 bits per heavy atom. The van der Waals surface area contributed by atoms with Crippen molar-refractivity contribution < 1.29 is 0 Å². The lowest BCUT2D eigenvalue weighted by atomic mass is 9.88. The zero-order valence-corrected chi connectivity index (χ0v) is 11.1. The molecule has 0 spiro atoms. The number of piperazine rings is 1. The third-order valence-corrected chi connectivity index (χ3v) is 5.42. The summed E-state index contributed by atoms with van der Waals surface area (Å²) in [5, 5.41) is 10.1. The first-order valence-corrected chi connectivity index (χ1v) is 7.20. The van der Waals surface area contributed by atoms with E-state index < -0.39 is 0 Å². The molecule has 2 aliphatic rings. The average Bonchev–Trinajstić information content (AvgIpc) is 2.31. The largest absolute Gasteiger partial charge is 0.304 e. The molecule has 16 heavy (non-hydrogen) atoms. The first kappa shape index (κ1) is 12.2. The minimum absolute atomic E-state index is 0.190. The average molecular weight is 239 g/mol. The third-order valence-electron chi connectivity index (χ3n) is 4.00. The molecule has 90 valence electrons. The van der Waals surface area contributed by atoms with E-state index in [1.165, 1.54) is 12.2 Å². The zero-order chi connectivity index (χ0) is 11.6. The molecule has 0 aromatic heterocycles. The van der Waals surface area contributed by atoms with Gasteiger partial charge in [-0.25, -0.2) is 0 Å². The van der Waals surface area contributed by atoms with E-state index in [2.05, 4.69) is 29.8 Å². The quantitative estimate of drug-likeness (QED) is 0.692. The standard InChI is InChI=1S/C12H21N3S/c1-11-12(10-13,4-3-9-16-11)15-7-5-14(2)6-8-15/h11H,3-9H2,1-2H3. The van der Waals surface area contributed by atoms with Crippen LogP contribution in [-0.4, -0.2) is 59.6 Å². The van der Waals surface area contributed by atoms with Gasteiger partial charge >= 0.3 is 0 Å².